The number of hydrogen-bond acceptors (Lipinski definition) is 4. The fourth-order valence-corrected chi connectivity index (χ4v) is 1.85. The second-order valence-electron chi connectivity index (χ2n) is 4.02. The highest BCUT2D eigenvalue weighted by Crippen LogP contribution is 2.21. The van der Waals surface area contributed by atoms with Gasteiger partial charge >= 0.3 is 0 Å². The van der Waals surface area contributed by atoms with Gasteiger partial charge in [0, 0.05) is 23.7 Å². The summed E-state index contributed by atoms with van der Waals surface area (Å²) in [7, 11) is 0. The lowest BCUT2D eigenvalue weighted by molar-refractivity contribution is -0.385. The van der Waals surface area contributed by atoms with Gasteiger partial charge in [0.2, 0.25) is 0 Å². The summed E-state index contributed by atoms with van der Waals surface area (Å²) in [5, 5.41) is 10.9. The Morgan fingerprint density at radius 2 is 2.17 bits per heavy atom. The Labute approximate surface area is 104 Å². The molecule has 18 heavy (non-hydrogen) atoms. The topological polar surface area (TPSA) is 97.8 Å². The summed E-state index contributed by atoms with van der Waals surface area (Å²) < 4.78 is 0. The third-order valence-electron chi connectivity index (χ3n) is 2.77. The van der Waals surface area contributed by atoms with Gasteiger partial charge < -0.3 is 10.7 Å². The Balaban J connectivity index is 2.33. The minimum absolute atomic E-state index is 0.120. The minimum Gasteiger partial charge on any atom is -0.345 e. The predicted octanol–water partition coefficient (Wildman–Crippen LogP) is 1.68. The van der Waals surface area contributed by atoms with Crippen LogP contribution in [0.5, 0.6) is 0 Å². The monoisotopic (exact) mass is 246 g/mol. The summed E-state index contributed by atoms with van der Waals surface area (Å²) in [5.41, 5.74) is 7.97. The summed E-state index contributed by atoms with van der Waals surface area (Å²) in [6.07, 6.45) is 0.430. The number of aryl methyl sites for hydroxylation is 1. The maximum absolute atomic E-state index is 10.9. The number of H-pyrrole nitrogens is 1. The molecule has 6 nitrogen and oxygen atoms in total. The maximum atomic E-state index is 10.9. The Morgan fingerprint density at radius 3 is 2.78 bits per heavy atom. The largest absolute Gasteiger partial charge is 0.345 e. The van der Waals surface area contributed by atoms with Gasteiger partial charge in [-0.2, -0.15) is 0 Å². The van der Waals surface area contributed by atoms with Crippen molar-refractivity contribution >= 4 is 5.69 Å². The summed E-state index contributed by atoms with van der Waals surface area (Å²) in [4.78, 5) is 17.9. The van der Waals surface area contributed by atoms with Gasteiger partial charge in [0.05, 0.1) is 17.2 Å². The molecule has 0 radical (unpaired) electrons. The lowest BCUT2D eigenvalue weighted by Crippen LogP contribution is -1.99. The van der Waals surface area contributed by atoms with E-state index in [9.17, 15) is 10.1 Å². The Kier molecular flexibility index (Phi) is 3.38. The molecule has 2 rings (SSSR count). The molecule has 0 aliphatic heterocycles. The number of hydrogen-bond donors (Lipinski definition) is 2. The molecule has 0 aliphatic carbocycles. The second kappa shape index (κ2) is 4.97. The van der Waals surface area contributed by atoms with E-state index < -0.39 is 0 Å². The van der Waals surface area contributed by atoms with Crippen LogP contribution in [0.4, 0.5) is 5.69 Å². The second-order valence-corrected chi connectivity index (χ2v) is 4.02. The van der Waals surface area contributed by atoms with Crippen LogP contribution in [0.3, 0.4) is 0 Å². The Hall–Kier alpha value is -2.21. The van der Waals surface area contributed by atoms with E-state index in [1.165, 1.54) is 6.07 Å². The summed E-state index contributed by atoms with van der Waals surface area (Å²) in [5.74, 6) is 0.695. The molecule has 0 saturated heterocycles. The highest BCUT2D eigenvalue weighted by Gasteiger charge is 2.15. The lowest BCUT2D eigenvalue weighted by atomic mass is 10.1. The van der Waals surface area contributed by atoms with Gasteiger partial charge in [0.15, 0.2) is 0 Å². The molecule has 6 heteroatoms. The SMILES string of the molecule is Cc1[nH]c(CN)nc1Cc1ccccc1[N+](=O)[O-]. The Bertz CT molecular complexity index is 577. The zero-order chi connectivity index (χ0) is 13.1. The van der Waals surface area contributed by atoms with E-state index in [1.807, 2.05) is 6.92 Å². The van der Waals surface area contributed by atoms with Gasteiger partial charge in [0.25, 0.3) is 5.69 Å². The fraction of sp³-hybridized carbons (Fsp3) is 0.250. The number of aromatic amines is 1. The molecule has 0 atom stereocenters. The van der Waals surface area contributed by atoms with Crippen LogP contribution in [-0.4, -0.2) is 14.9 Å². The molecule has 0 bridgehead atoms. The number of para-hydroxylation sites is 1. The van der Waals surface area contributed by atoms with Crippen molar-refractivity contribution in [2.45, 2.75) is 19.9 Å². The first-order valence-electron chi connectivity index (χ1n) is 5.58. The predicted molar refractivity (Wildman–Crippen MR) is 67.1 cm³/mol. The summed E-state index contributed by atoms with van der Waals surface area (Å²) in [6, 6.07) is 6.69. The van der Waals surface area contributed by atoms with Gasteiger partial charge in [0.1, 0.15) is 5.82 Å². The third kappa shape index (κ3) is 2.38. The number of nitro groups is 1. The van der Waals surface area contributed by atoms with E-state index in [1.54, 1.807) is 18.2 Å². The standard InChI is InChI=1S/C12H14N4O2/c1-8-10(15-12(7-13)14-8)6-9-4-2-3-5-11(9)16(17)18/h2-5H,6-7,13H2,1H3,(H,14,15). The molecule has 0 fully saturated rings. The molecule has 1 heterocycles. The molecule has 2 aromatic rings. The van der Waals surface area contributed by atoms with Crippen LogP contribution >= 0.6 is 0 Å². The van der Waals surface area contributed by atoms with Gasteiger partial charge in [-0.1, -0.05) is 18.2 Å². The van der Waals surface area contributed by atoms with Gasteiger partial charge in [-0.05, 0) is 6.92 Å². The minimum atomic E-state index is -0.374. The molecule has 3 N–H and O–H groups in total. The van der Waals surface area contributed by atoms with Crippen molar-refractivity contribution in [3.05, 3.63) is 57.2 Å². The van der Waals surface area contributed by atoms with E-state index in [0.717, 1.165) is 11.4 Å². The number of rotatable bonds is 4. The molecule has 0 amide bonds. The first kappa shape index (κ1) is 12.3. The smallest absolute Gasteiger partial charge is 0.272 e. The number of nitrogens with zero attached hydrogens (tertiary/aromatic N) is 2. The quantitative estimate of drug-likeness (QED) is 0.633. The van der Waals surface area contributed by atoms with E-state index in [0.29, 0.717) is 24.4 Å². The zero-order valence-corrected chi connectivity index (χ0v) is 10.0. The Morgan fingerprint density at radius 1 is 1.44 bits per heavy atom. The first-order chi connectivity index (χ1) is 8.61. The average Bonchev–Trinajstić information content (AvgIpc) is 2.71. The number of benzene rings is 1. The van der Waals surface area contributed by atoms with Crippen molar-refractivity contribution in [1.29, 1.82) is 0 Å². The van der Waals surface area contributed by atoms with Crippen LogP contribution in [-0.2, 0) is 13.0 Å². The van der Waals surface area contributed by atoms with E-state index in [-0.39, 0.29) is 10.6 Å². The molecule has 1 aromatic heterocycles. The van der Waals surface area contributed by atoms with Crippen molar-refractivity contribution in [3.63, 3.8) is 0 Å². The molecule has 1 aromatic carbocycles. The number of imidazole rings is 1. The first-order valence-corrected chi connectivity index (χ1v) is 5.58. The number of nitrogens with one attached hydrogen (secondary N) is 1. The van der Waals surface area contributed by atoms with Crippen LogP contribution < -0.4 is 5.73 Å². The highest BCUT2D eigenvalue weighted by atomic mass is 16.6. The van der Waals surface area contributed by atoms with Crippen molar-refractivity contribution in [1.82, 2.24) is 9.97 Å². The van der Waals surface area contributed by atoms with E-state index >= 15 is 0 Å². The maximum Gasteiger partial charge on any atom is 0.272 e. The van der Waals surface area contributed by atoms with Crippen molar-refractivity contribution in [3.8, 4) is 0 Å². The molecule has 0 aliphatic rings. The molecule has 0 saturated carbocycles. The number of nitrogens with two attached hydrogens (primary N) is 1. The zero-order valence-electron chi connectivity index (χ0n) is 10.0. The summed E-state index contributed by atoms with van der Waals surface area (Å²) >= 11 is 0. The van der Waals surface area contributed by atoms with Crippen LogP contribution in [0.25, 0.3) is 0 Å². The van der Waals surface area contributed by atoms with E-state index in [4.69, 9.17) is 5.73 Å². The highest BCUT2D eigenvalue weighted by molar-refractivity contribution is 5.42. The van der Waals surface area contributed by atoms with Crippen molar-refractivity contribution in [2.24, 2.45) is 5.73 Å². The van der Waals surface area contributed by atoms with Crippen LogP contribution in [0.2, 0.25) is 0 Å². The molecule has 0 unspecified atom stereocenters. The van der Waals surface area contributed by atoms with Crippen LogP contribution in [0, 0.1) is 17.0 Å². The van der Waals surface area contributed by atoms with Crippen LogP contribution in [0.1, 0.15) is 22.8 Å². The van der Waals surface area contributed by atoms with Crippen molar-refractivity contribution in [2.75, 3.05) is 0 Å². The van der Waals surface area contributed by atoms with Gasteiger partial charge in [-0.3, -0.25) is 10.1 Å². The summed E-state index contributed by atoms with van der Waals surface area (Å²) in [6.45, 7) is 2.22. The van der Waals surface area contributed by atoms with Crippen molar-refractivity contribution < 1.29 is 4.92 Å². The molecule has 0 spiro atoms. The number of aromatic nitrogens is 2. The number of nitro benzene ring substituents is 1. The molecular formula is C12H14N4O2. The van der Waals surface area contributed by atoms with Gasteiger partial charge in [-0.15, -0.1) is 0 Å². The lowest BCUT2D eigenvalue weighted by Gasteiger charge is -2.01. The molecular weight excluding hydrogens is 232 g/mol. The van der Waals surface area contributed by atoms with Crippen LogP contribution in [0.15, 0.2) is 24.3 Å². The normalized spacial score (nSPS) is 10.6. The third-order valence-corrected chi connectivity index (χ3v) is 2.77. The van der Waals surface area contributed by atoms with E-state index in [2.05, 4.69) is 9.97 Å². The fourth-order valence-electron chi connectivity index (χ4n) is 1.85. The average molecular weight is 246 g/mol. The van der Waals surface area contributed by atoms with Gasteiger partial charge in [-0.25, -0.2) is 4.98 Å². The molecule has 94 valence electrons.